The quantitative estimate of drug-likeness (QED) is 0.597. The Morgan fingerprint density at radius 3 is 2.55 bits per heavy atom. The minimum atomic E-state index is -0.831. The molecule has 118 valence electrons. The van der Waals surface area contributed by atoms with Crippen LogP contribution in [-0.2, 0) is 14.4 Å². The van der Waals surface area contributed by atoms with Crippen LogP contribution in [0, 0.1) is 0 Å². The van der Waals surface area contributed by atoms with Gasteiger partial charge in [-0.3, -0.25) is 9.59 Å². The lowest BCUT2D eigenvalue weighted by atomic mass is 10.1. The summed E-state index contributed by atoms with van der Waals surface area (Å²) in [5.74, 6) is 3.50. The molecule has 0 saturated carbocycles. The van der Waals surface area contributed by atoms with Crippen molar-refractivity contribution in [1.29, 1.82) is 0 Å². The third-order valence-corrected chi connectivity index (χ3v) is 3.56. The van der Waals surface area contributed by atoms with Gasteiger partial charge in [-0.05, 0) is 12.1 Å². The van der Waals surface area contributed by atoms with Crippen LogP contribution in [0.5, 0.6) is 0 Å². The average molecular weight is 306 g/mol. The number of nitrogens with zero attached hydrogens (tertiary/aromatic N) is 1. The number of rotatable bonds is 4. The standard InChI is InChI=1S/C14H18N4O4/c15-7-12(19)18-8-10(6-11(18)14(21)22-16)17-13(20)9-4-2-1-3-5-9/h1-5,10-11H,6-8,15-16H2,(H,17,20)/t10-,11-/m0/s1. The third-order valence-electron chi connectivity index (χ3n) is 3.56. The zero-order chi connectivity index (χ0) is 16.1. The zero-order valence-corrected chi connectivity index (χ0v) is 11.9. The summed E-state index contributed by atoms with van der Waals surface area (Å²) in [6, 6.07) is 7.47. The van der Waals surface area contributed by atoms with Crippen molar-refractivity contribution in [3.05, 3.63) is 35.9 Å². The Hall–Kier alpha value is -2.45. The second-order valence-electron chi connectivity index (χ2n) is 4.98. The molecule has 8 heteroatoms. The maximum absolute atomic E-state index is 12.1. The second-order valence-corrected chi connectivity index (χ2v) is 4.98. The molecule has 22 heavy (non-hydrogen) atoms. The SMILES string of the molecule is NCC(=O)N1C[C@@H](NC(=O)c2ccccc2)C[C@H]1C(=O)ON. The Kier molecular flexibility index (Phi) is 5.08. The van der Waals surface area contributed by atoms with Crippen molar-refractivity contribution in [3.63, 3.8) is 0 Å². The summed E-state index contributed by atoms with van der Waals surface area (Å²) < 4.78 is 0. The molecule has 2 atom stereocenters. The van der Waals surface area contributed by atoms with Crippen molar-refractivity contribution in [2.45, 2.75) is 18.5 Å². The smallest absolute Gasteiger partial charge is 0.347 e. The van der Waals surface area contributed by atoms with E-state index in [9.17, 15) is 14.4 Å². The molecule has 0 aromatic heterocycles. The molecule has 1 aromatic rings. The monoisotopic (exact) mass is 306 g/mol. The van der Waals surface area contributed by atoms with Gasteiger partial charge in [0.1, 0.15) is 6.04 Å². The summed E-state index contributed by atoms with van der Waals surface area (Å²) in [7, 11) is 0. The van der Waals surface area contributed by atoms with Gasteiger partial charge >= 0.3 is 5.97 Å². The van der Waals surface area contributed by atoms with Crippen LogP contribution in [0.15, 0.2) is 30.3 Å². The normalized spacial score (nSPS) is 20.5. The number of carbonyl (C=O) groups is 3. The molecule has 8 nitrogen and oxygen atoms in total. The lowest BCUT2D eigenvalue weighted by Crippen LogP contribution is -2.45. The predicted octanol–water partition coefficient (Wildman–Crippen LogP) is -1.24. The van der Waals surface area contributed by atoms with Crippen LogP contribution >= 0.6 is 0 Å². The number of amides is 2. The van der Waals surface area contributed by atoms with Crippen molar-refractivity contribution in [2.75, 3.05) is 13.1 Å². The van der Waals surface area contributed by atoms with E-state index in [2.05, 4.69) is 10.2 Å². The Bertz CT molecular complexity index is 539. The molecule has 1 aliphatic heterocycles. The van der Waals surface area contributed by atoms with Crippen molar-refractivity contribution in [2.24, 2.45) is 11.6 Å². The Balaban J connectivity index is 2.06. The number of nitrogens with two attached hydrogens (primary N) is 2. The van der Waals surface area contributed by atoms with Crippen LogP contribution in [0.1, 0.15) is 16.8 Å². The molecule has 0 unspecified atom stereocenters. The van der Waals surface area contributed by atoms with Gasteiger partial charge in [0.25, 0.3) is 5.91 Å². The highest BCUT2D eigenvalue weighted by Crippen LogP contribution is 2.19. The number of likely N-dealkylation sites (tertiary alicyclic amines) is 1. The third kappa shape index (κ3) is 3.41. The summed E-state index contributed by atoms with van der Waals surface area (Å²) in [5.41, 5.74) is 5.84. The lowest BCUT2D eigenvalue weighted by molar-refractivity contribution is -0.153. The first-order chi connectivity index (χ1) is 10.6. The highest BCUT2D eigenvalue weighted by Gasteiger charge is 2.40. The van der Waals surface area contributed by atoms with Crippen LogP contribution < -0.4 is 16.9 Å². The summed E-state index contributed by atoms with van der Waals surface area (Å²) in [5, 5.41) is 2.79. The number of benzene rings is 1. The molecule has 1 aromatic carbocycles. The molecular weight excluding hydrogens is 288 g/mol. The van der Waals surface area contributed by atoms with Gasteiger partial charge in [-0.25, -0.2) is 4.79 Å². The van der Waals surface area contributed by atoms with Gasteiger partial charge in [-0.1, -0.05) is 18.2 Å². The van der Waals surface area contributed by atoms with E-state index < -0.39 is 17.9 Å². The summed E-state index contributed by atoms with van der Waals surface area (Å²) in [6.45, 7) is -0.0396. The van der Waals surface area contributed by atoms with Crippen molar-refractivity contribution in [1.82, 2.24) is 10.2 Å². The van der Waals surface area contributed by atoms with E-state index in [1.165, 1.54) is 4.90 Å². The molecule has 2 rings (SSSR count). The highest BCUT2D eigenvalue weighted by molar-refractivity contribution is 5.94. The van der Waals surface area contributed by atoms with Crippen LogP contribution in [0.3, 0.4) is 0 Å². The van der Waals surface area contributed by atoms with Crippen LogP contribution in [0.4, 0.5) is 0 Å². The summed E-state index contributed by atoms with van der Waals surface area (Å²) in [6.07, 6.45) is 0.236. The maximum Gasteiger partial charge on any atom is 0.347 e. The largest absolute Gasteiger partial charge is 0.372 e. The Morgan fingerprint density at radius 1 is 1.27 bits per heavy atom. The molecule has 1 heterocycles. The number of nitrogens with one attached hydrogen (secondary N) is 1. The first-order valence-electron chi connectivity index (χ1n) is 6.82. The first kappa shape index (κ1) is 15.9. The minimum absolute atomic E-state index is 0.189. The van der Waals surface area contributed by atoms with E-state index in [-0.39, 0.29) is 31.5 Å². The van der Waals surface area contributed by atoms with E-state index in [0.717, 1.165) is 0 Å². The molecule has 1 aliphatic rings. The number of carbonyl (C=O) groups excluding carboxylic acids is 3. The molecule has 0 radical (unpaired) electrons. The lowest BCUT2D eigenvalue weighted by Gasteiger charge is -2.21. The maximum atomic E-state index is 12.1. The fourth-order valence-corrected chi connectivity index (χ4v) is 2.49. The van der Waals surface area contributed by atoms with E-state index >= 15 is 0 Å². The topological polar surface area (TPSA) is 128 Å². The number of hydrogen-bond donors (Lipinski definition) is 3. The summed E-state index contributed by atoms with van der Waals surface area (Å²) in [4.78, 5) is 41.0. The fourth-order valence-electron chi connectivity index (χ4n) is 2.49. The van der Waals surface area contributed by atoms with E-state index in [0.29, 0.717) is 5.56 Å². The Morgan fingerprint density at radius 2 is 1.95 bits per heavy atom. The van der Waals surface area contributed by atoms with Gasteiger partial charge in [0.15, 0.2) is 0 Å². The first-order valence-corrected chi connectivity index (χ1v) is 6.82. The Labute approximate surface area is 127 Å². The molecule has 5 N–H and O–H groups in total. The molecule has 0 bridgehead atoms. The zero-order valence-electron chi connectivity index (χ0n) is 11.9. The summed E-state index contributed by atoms with van der Waals surface area (Å²) >= 11 is 0. The fraction of sp³-hybridized carbons (Fsp3) is 0.357. The average Bonchev–Trinajstić information content (AvgIpc) is 2.98. The van der Waals surface area contributed by atoms with Gasteiger partial charge in [0.05, 0.1) is 6.54 Å². The molecule has 1 saturated heterocycles. The molecular formula is C14H18N4O4. The van der Waals surface area contributed by atoms with Crippen molar-refractivity contribution < 1.29 is 19.2 Å². The second kappa shape index (κ2) is 7.01. The van der Waals surface area contributed by atoms with Crippen molar-refractivity contribution in [3.8, 4) is 0 Å². The van der Waals surface area contributed by atoms with Crippen LogP contribution in [0.25, 0.3) is 0 Å². The minimum Gasteiger partial charge on any atom is -0.372 e. The van der Waals surface area contributed by atoms with E-state index in [1.54, 1.807) is 30.3 Å². The molecule has 1 fully saturated rings. The molecule has 0 spiro atoms. The molecule has 0 aliphatic carbocycles. The van der Waals surface area contributed by atoms with Crippen molar-refractivity contribution >= 4 is 17.8 Å². The molecule has 2 amide bonds. The van der Waals surface area contributed by atoms with Gasteiger partial charge in [-0.2, -0.15) is 5.90 Å². The van der Waals surface area contributed by atoms with Gasteiger partial charge in [0, 0.05) is 24.6 Å². The number of hydrogen-bond acceptors (Lipinski definition) is 6. The van der Waals surface area contributed by atoms with Gasteiger partial charge in [-0.15, -0.1) is 0 Å². The van der Waals surface area contributed by atoms with Crippen LogP contribution in [-0.4, -0.2) is 47.9 Å². The highest BCUT2D eigenvalue weighted by atomic mass is 16.7. The van der Waals surface area contributed by atoms with E-state index in [1.807, 2.05) is 0 Å². The van der Waals surface area contributed by atoms with Crippen LogP contribution in [0.2, 0.25) is 0 Å². The van der Waals surface area contributed by atoms with Gasteiger partial charge in [0.2, 0.25) is 5.91 Å². The van der Waals surface area contributed by atoms with E-state index in [4.69, 9.17) is 11.6 Å². The van der Waals surface area contributed by atoms with Gasteiger partial charge < -0.3 is 20.8 Å². The predicted molar refractivity (Wildman–Crippen MR) is 77.1 cm³/mol.